The van der Waals surface area contributed by atoms with Crippen molar-refractivity contribution in [2.45, 2.75) is 40.2 Å². The molecule has 1 aromatic carbocycles. The second-order valence-electron chi connectivity index (χ2n) is 6.44. The quantitative estimate of drug-likeness (QED) is 0.660. The molecule has 0 spiro atoms. The number of nitrogens with one attached hydrogen (secondary N) is 1. The van der Waals surface area contributed by atoms with Gasteiger partial charge in [-0.15, -0.1) is 0 Å². The van der Waals surface area contributed by atoms with Gasteiger partial charge in [0.15, 0.2) is 6.10 Å². The molecule has 0 bridgehead atoms. The molecule has 0 aliphatic carbocycles. The van der Waals surface area contributed by atoms with E-state index in [4.69, 9.17) is 16.3 Å². The zero-order chi connectivity index (χ0) is 20.4. The molecule has 1 amide bonds. The number of hydrogen-bond donors (Lipinski definition) is 1. The van der Waals surface area contributed by atoms with E-state index in [2.05, 4.69) is 20.4 Å². The Morgan fingerprint density at radius 1 is 1.29 bits per heavy atom. The summed E-state index contributed by atoms with van der Waals surface area (Å²) in [5, 5.41) is 7.37. The van der Waals surface area contributed by atoms with Crippen LogP contribution in [0.15, 0.2) is 24.5 Å². The van der Waals surface area contributed by atoms with E-state index in [1.54, 1.807) is 36.6 Å². The smallest absolute Gasteiger partial charge is 0.311 e. The number of esters is 1. The number of anilines is 1. The summed E-state index contributed by atoms with van der Waals surface area (Å²) in [6, 6.07) is 5.21. The molecule has 0 saturated carbocycles. The number of carbonyl (C=O) groups excluding carboxylic acids is 2. The molecule has 0 fully saturated rings. The van der Waals surface area contributed by atoms with E-state index in [0.717, 1.165) is 11.3 Å². The molecule has 3 aromatic rings. The third-order valence-electron chi connectivity index (χ3n) is 4.51. The Morgan fingerprint density at radius 2 is 2.04 bits per heavy atom. The number of ether oxygens (including phenoxy) is 1. The summed E-state index contributed by atoms with van der Waals surface area (Å²) in [5.41, 5.74) is 3.44. The average Bonchev–Trinajstić information content (AvgIpc) is 3.10. The lowest BCUT2D eigenvalue weighted by Gasteiger charge is -2.16. The number of carbonyl (C=O) groups is 2. The molecule has 0 unspecified atom stereocenters. The van der Waals surface area contributed by atoms with E-state index in [1.165, 1.54) is 13.3 Å². The van der Waals surface area contributed by atoms with Crippen molar-refractivity contribution in [1.82, 2.24) is 19.6 Å². The summed E-state index contributed by atoms with van der Waals surface area (Å²) in [4.78, 5) is 33.1. The van der Waals surface area contributed by atoms with Gasteiger partial charge in [-0.3, -0.25) is 9.59 Å². The minimum atomic E-state index is -0.963. The van der Waals surface area contributed by atoms with Gasteiger partial charge in [0.2, 0.25) is 0 Å². The van der Waals surface area contributed by atoms with Gasteiger partial charge in [0.25, 0.3) is 11.7 Å². The maximum Gasteiger partial charge on any atom is 0.311 e. The minimum absolute atomic E-state index is 0.0196. The molecule has 1 N–H and O–H groups in total. The summed E-state index contributed by atoms with van der Waals surface area (Å²) in [5.74, 6) is -0.494. The van der Waals surface area contributed by atoms with Gasteiger partial charge in [-0.25, -0.2) is 9.50 Å². The molecular weight excluding hydrogens is 382 g/mol. The Labute approximate surface area is 166 Å². The Balaban J connectivity index is 1.67. The van der Waals surface area contributed by atoms with Crippen molar-refractivity contribution in [3.8, 4) is 0 Å². The molecule has 1 atom stereocenters. The normalized spacial score (nSPS) is 12.0. The van der Waals surface area contributed by atoms with Crippen molar-refractivity contribution in [2.24, 2.45) is 0 Å². The van der Waals surface area contributed by atoms with Crippen molar-refractivity contribution in [2.75, 3.05) is 5.32 Å². The summed E-state index contributed by atoms with van der Waals surface area (Å²) >= 11 is 6.06. The second kappa shape index (κ2) is 7.93. The standard InChI is InChI=1S/C19H20ClN5O3/c1-10-15(20)6-5-7-16(10)24-18(27)13(4)28-17(26)8-14-11(2)23-19-21-9-22-25(19)12(14)3/h5-7,9,13H,8H2,1-4H3,(H,24,27)/t13-/m0/s1. The van der Waals surface area contributed by atoms with E-state index in [1.807, 2.05) is 6.92 Å². The van der Waals surface area contributed by atoms with Crippen LogP contribution in [0.5, 0.6) is 0 Å². The van der Waals surface area contributed by atoms with E-state index in [9.17, 15) is 9.59 Å². The maximum atomic E-state index is 12.4. The van der Waals surface area contributed by atoms with Crippen molar-refractivity contribution in [1.29, 1.82) is 0 Å². The molecule has 0 aliphatic heterocycles. The van der Waals surface area contributed by atoms with Crippen molar-refractivity contribution < 1.29 is 14.3 Å². The predicted molar refractivity (Wildman–Crippen MR) is 104 cm³/mol. The number of benzene rings is 1. The topological polar surface area (TPSA) is 98.5 Å². The van der Waals surface area contributed by atoms with Gasteiger partial charge in [-0.05, 0) is 45.4 Å². The molecule has 146 valence electrons. The number of amides is 1. The summed E-state index contributed by atoms with van der Waals surface area (Å²) in [7, 11) is 0. The molecule has 2 aromatic heterocycles. The van der Waals surface area contributed by atoms with Gasteiger partial charge in [-0.1, -0.05) is 17.7 Å². The average molecular weight is 402 g/mol. The van der Waals surface area contributed by atoms with Crippen LogP contribution in [0, 0.1) is 20.8 Å². The predicted octanol–water partition coefficient (Wildman–Crippen LogP) is 2.82. The Bertz CT molecular complexity index is 1060. The number of rotatable bonds is 5. The van der Waals surface area contributed by atoms with Gasteiger partial charge in [0.1, 0.15) is 6.33 Å². The van der Waals surface area contributed by atoms with E-state index in [-0.39, 0.29) is 6.42 Å². The first kappa shape index (κ1) is 19.8. The Morgan fingerprint density at radius 3 is 2.79 bits per heavy atom. The van der Waals surface area contributed by atoms with E-state index >= 15 is 0 Å². The van der Waals surface area contributed by atoms with Crippen LogP contribution in [-0.2, 0) is 20.7 Å². The second-order valence-corrected chi connectivity index (χ2v) is 6.85. The molecule has 8 nitrogen and oxygen atoms in total. The van der Waals surface area contributed by atoms with Gasteiger partial charge in [0, 0.05) is 27.7 Å². The van der Waals surface area contributed by atoms with Crippen LogP contribution in [0.25, 0.3) is 5.78 Å². The van der Waals surface area contributed by atoms with Gasteiger partial charge < -0.3 is 10.1 Å². The fourth-order valence-corrected chi connectivity index (χ4v) is 3.00. The van der Waals surface area contributed by atoms with Crippen molar-refractivity contribution in [3.05, 3.63) is 52.1 Å². The minimum Gasteiger partial charge on any atom is -0.452 e. The molecule has 3 rings (SSSR count). The highest BCUT2D eigenvalue weighted by atomic mass is 35.5. The summed E-state index contributed by atoms with van der Waals surface area (Å²) in [6.07, 6.45) is 0.421. The maximum absolute atomic E-state index is 12.4. The number of aromatic nitrogens is 4. The fourth-order valence-electron chi connectivity index (χ4n) is 2.83. The van der Waals surface area contributed by atoms with Crippen LogP contribution in [0.2, 0.25) is 5.02 Å². The molecule has 0 aliphatic rings. The molecule has 2 heterocycles. The number of nitrogens with zero attached hydrogens (tertiary/aromatic N) is 4. The molecule has 9 heteroatoms. The first-order valence-corrected chi connectivity index (χ1v) is 9.07. The van der Waals surface area contributed by atoms with E-state index < -0.39 is 18.0 Å². The lowest BCUT2D eigenvalue weighted by Crippen LogP contribution is -2.31. The third kappa shape index (κ3) is 3.96. The number of halogens is 1. The third-order valence-corrected chi connectivity index (χ3v) is 4.92. The molecular formula is C19H20ClN5O3. The van der Waals surface area contributed by atoms with Gasteiger partial charge in [-0.2, -0.15) is 10.1 Å². The zero-order valence-corrected chi connectivity index (χ0v) is 16.7. The van der Waals surface area contributed by atoms with Gasteiger partial charge in [0.05, 0.1) is 6.42 Å². The Hall–Kier alpha value is -3.00. The number of hydrogen-bond acceptors (Lipinski definition) is 6. The van der Waals surface area contributed by atoms with Crippen LogP contribution < -0.4 is 5.32 Å². The van der Waals surface area contributed by atoms with Crippen molar-refractivity contribution in [3.63, 3.8) is 0 Å². The first-order valence-electron chi connectivity index (χ1n) is 8.69. The number of fused-ring (bicyclic) bond motifs is 1. The van der Waals surface area contributed by atoms with E-state index in [0.29, 0.717) is 27.7 Å². The fraction of sp³-hybridized carbons (Fsp3) is 0.316. The van der Waals surface area contributed by atoms with Crippen LogP contribution in [0.3, 0.4) is 0 Å². The van der Waals surface area contributed by atoms with Crippen molar-refractivity contribution >= 4 is 34.9 Å². The molecule has 0 radical (unpaired) electrons. The van der Waals surface area contributed by atoms with Crippen LogP contribution >= 0.6 is 11.6 Å². The largest absolute Gasteiger partial charge is 0.452 e. The van der Waals surface area contributed by atoms with Crippen LogP contribution in [0.1, 0.15) is 29.4 Å². The molecule has 28 heavy (non-hydrogen) atoms. The SMILES string of the molecule is Cc1nc2ncnn2c(C)c1CC(=O)O[C@@H](C)C(=O)Nc1cccc(Cl)c1C. The van der Waals surface area contributed by atoms with Gasteiger partial charge >= 0.3 is 5.97 Å². The van der Waals surface area contributed by atoms with Crippen LogP contribution in [0.4, 0.5) is 5.69 Å². The monoisotopic (exact) mass is 401 g/mol. The highest BCUT2D eigenvalue weighted by Gasteiger charge is 2.21. The van der Waals surface area contributed by atoms with Crippen LogP contribution in [-0.4, -0.2) is 37.6 Å². The highest BCUT2D eigenvalue weighted by molar-refractivity contribution is 6.31. The lowest BCUT2D eigenvalue weighted by atomic mass is 10.1. The zero-order valence-electron chi connectivity index (χ0n) is 16.0. The Kier molecular flexibility index (Phi) is 5.60. The number of aryl methyl sites for hydroxylation is 2. The first-order chi connectivity index (χ1) is 13.3. The lowest BCUT2D eigenvalue weighted by molar-refractivity contribution is -0.152. The molecule has 0 saturated heterocycles. The highest BCUT2D eigenvalue weighted by Crippen LogP contribution is 2.23. The summed E-state index contributed by atoms with van der Waals surface area (Å²) in [6.45, 7) is 6.94. The summed E-state index contributed by atoms with van der Waals surface area (Å²) < 4.78 is 6.87.